The molecule has 0 unspecified atom stereocenters. The molecule has 70 valence electrons. The molecule has 0 saturated heterocycles. The van der Waals surface area contributed by atoms with Crippen molar-refractivity contribution in [3.8, 4) is 0 Å². The van der Waals surface area contributed by atoms with E-state index >= 15 is 0 Å². The Morgan fingerprint density at radius 1 is 1.62 bits per heavy atom. The molecule has 0 saturated carbocycles. The molecule has 1 aromatic heterocycles. The number of rotatable bonds is 3. The van der Waals surface area contributed by atoms with Crippen LogP contribution in [0.3, 0.4) is 0 Å². The van der Waals surface area contributed by atoms with Gasteiger partial charge in [0.2, 0.25) is 5.28 Å². The summed E-state index contributed by atoms with van der Waals surface area (Å²) >= 11 is 5.63. The number of halogens is 1. The number of ether oxygens (including phenoxy) is 1. The molecule has 0 atom stereocenters. The predicted molar refractivity (Wildman–Crippen MR) is 52.4 cm³/mol. The molecule has 3 nitrogen and oxygen atoms in total. The Morgan fingerprint density at radius 2 is 2.38 bits per heavy atom. The van der Waals surface area contributed by atoms with E-state index in [1.54, 1.807) is 18.5 Å². The molecule has 1 rings (SSSR count). The van der Waals surface area contributed by atoms with Gasteiger partial charge in [-0.3, -0.25) is 0 Å². The van der Waals surface area contributed by atoms with Crippen LogP contribution in [0.1, 0.15) is 18.2 Å². The Kier molecular flexibility index (Phi) is 3.71. The smallest absolute Gasteiger partial charge is 0.222 e. The largest absolute Gasteiger partial charge is 0.501 e. The van der Waals surface area contributed by atoms with Gasteiger partial charge in [-0.1, -0.05) is 0 Å². The maximum atomic E-state index is 5.63. The summed E-state index contributed by atoms with van der Waals surface area (Å²) in [4.78, 5) is 7.88. The second-order valence-electron chi connectivity index (χ2n) is 2.47. The van der Waals surface area contributed by atoms with E-state index in [0.717, 1.165) is 11.3 Å². The maximum absolute atomic E-state index is 5.63. The van der Waals surface area contributed by atoms with Crippen molar-refractivity contribution in [2.45, 2.75) is 13.8 Å². The summed E-state index contributed by atoms with van der Waals surface area (Å²) in [5.41, 5.74) is 1.76. The molecule has 0 amide bonds. The highest BCUT2D eigenvalue weighted by Gasteiger charge is 1.97. The zero-order valence-electron chi connectivity index (χ0n) is 7.62. The summed E-state index contributed by atoms with van der Waals surface area (Å²) in [5, 5.41) is 0.252. The average molecular weight is 199 g/mol. The SMILES string of the molecule is CCOC=Cc1nc(Cl)ncc1C. The zero-order chi connectivity index (χ0) is 9.68. The van der Waals surface area contributed by atoms with E-state index in [9.17, 15) is 0 Å². The van der Waals surface area contributed by atoms with Gasteiger partial charge in [-0.25, -0.2) is 9.97 Å². The molecular weight excluding hydrogens is 188 g/mol. The number of hydrogen-bond acceptors (Lipinski definition) is 3. The van der Waals surface area contributed by atoms with Gasteiger partial charge >= 0.3 is 0 Å². The Balaban J connectivity index is 2.81. The van der Waals surface area contributed by atoms with Crippen molar-refractivity contribution in [3.63, 3.8) is 0 Å². The van der Waals surface area contributed by atoms with Crippen molar-refractivity contribution in [2.24, 2.45) is 0 Å². The van der Waals surface area contributed by atoms with Crippen molar-refractivity contribution >= 4 is 17.7 Å². The highest BCUT2D eigenvalue weighted by Crippen LogP contribution is 2.08. The van der Waals surface area contributed by atoms with E-state index < -0.39 is 0 Å². The number of nitrogens with zero attached hydrogens (tertiary/aromatic N) is 2. The highest BCUT2D eigenvalue weighted by molar-refractivity contribution is 6.28. The molecule has 0 spiro atoms. The summed E-state index contributed by atoms with van der Waals surface area (Å²) in [6.45, 7) is 4.49. The second kappa shape index (κ2) is 4.82. The van der Waals surface area contributed by atoms with Crippen molar-refractivity contribution in [1.29, 1.82) is 0 Å². The fourth-order valence-electron chi connectivity index (χ4n) is 0.810. The van der Waals surface area contributed by atoms with Gasteiger partial charge in [-0.05, 0) is 37.1 Å². The van der Waals surface area contributed by atoms with Gasteiger partial charge in [0, 0.05) is 6.20 Å². The lowest BCUT2D eigenvalue weighted by atomic mass is 10.2. The lowest BCUT2D eigenvalue weighted by molar-refractivity contribution is 0.272. The van der Waals surface area contributed by atoms with Crippen LogP contribution in [0.25, 0.3) is 6.08 Å². The first kappa shape index (κ1) is 9.99. The number of hydrogen-bond donors (Lipinski definition) is 0. The van der Waals surface area contributed by atoms with Gasteiger partial charge in [0.15, 0.2) is 0 Å². The van der Waals surface area contributed by atoms with Crippen LogP contribution in [-0.4, -0.2) is 16.6 Å². The van der Waals surface area contributed by atoms with Crippen molar-refractivity contribution in [2.75, 3.05) is 6.61 Å². The highest BCUT2D eigenvalue weighted by atomic mass is 35.5. The molecule has 1 heterocycles. The second-order valence-corrected chi connectivity index (χ2v) is 2.80. The van der Waals surface area contributed by atoms with Crippen LogP contribution in [0.2, 0.25) is 5.28 Å². The van der Waals surface area contributed by atoms with E-state index in [1.165, 1.54) is 0 Å². The molecule has 0 N–H and O–H groups in total. The van der Waals surface area contributed by atoms with Gasteiger partial charge in [-0.2, -0.15) is 0 Å². The van der Waals surface area contributed by atoms with Gasteiger partial charge < -0.3 is 4.74 Å². The number of aromatic nitrogens is 2. The van der Waals surface area contributed by atoms with Gasteiger partial charge in [0.05, 0.1) is 18.6 Å². The fourth-order valence-corrected chi connectivity index (χ4v) is 0.950. The summed E-state index contributed by atoms with van der Waals surface area (Å²) < 4.78 is 5.05. The lowest BCUT2D eigenvalue weighted by Crippen LogP contribution is -1.90. The molecule has 4 heteroatoms. The monoisotopic (exact) mass is 198 g/mol. The van der Waals surface area contributed by atoms with Crippen LogP contribution in [0.4, 0.5) is 0 Å². The van der Waals surface area contributed by atoms with Crippen LogP contribution in [0.15, 0.2) is 12.5 Å². The van der Waals surface area contributed by atoms with E-state index in [4.69, 9.17) is 16.3 Å². The molecular formula is C9H11ClN2O. The van der Waals surface area contributed by atoms with Gasteiger partial charge in [0.25, 0.3) is 0 Å². The van der Waals surface area contributed by atoms with Crippen LogP contribution in [0, 0.1) is 6.92 Å². The molecule has 0 aromatic carbocycles. The van der Waals surface area contributed by atoms with Crippen LogP contribution in [-0.2, 0) is 4.74 Å². The van der Waals surface area contributed by atoms with Gasteiger partial charge in [0.1, 0.15) is 0 Å². The summed E-state index contributed by atoms with van der Waals surface area (Å²) in [7, 11) is 0. The normalized spacial score (nSPS) is 10.7. The molecule has 0 fully saturated rings. The predicted octanol–water partition coefficient (Wildman–Crippen LogP) is 2.45. The molecule has 0 aliphatic carbocycles. The van der Waals surface area contributed by atoms with Crippen molar-refractivity contribution in [3.05, 3.63) is 29.0 Å². The molecule has 0 aliphatic heterocycles. The Labute approximate surface area is 82.4 Å². The Morgan fingerprint density at radius 3 is 3.08 bits per heavy atom. The molecule has 13 heavy (non-hydrogen) atoms. The lowest BCUT2D eigenvalue weighted by Gasteiger charge is -1.98. The number of aryl methyl sites for hydroxylation is 1. The maximum Gasteiger partial charge on any atom is 0.222 e. The van der Waals surface area contributed by atoms with Crippen molar-refractivity contribution in [1.82, 2.24) is 9.97 Å². The first-order valence-electron chi connectivity index (χ1n) is 4.01. The molecule has 0 bridgehead atoms. The third-order valence-electron chi connectivity index (χ3n) is 1.47. The van der Waals surface area contributed by atoms with E-state index in [-0.39, 0.29) is 5.28 Å². The van der Waals surface area contributed by atoms with Crippen LogP contribution in [0.5, 0.6) is 0 Å². The quantitative estimate of drug-likeness (QED) is 0.553. The van der Waals surface area contributed by atoms with Gasteiger partial charge in [-0.15, -0.1) is 0 Å². The Bertz CT molecular complexity index is 312. The van der Waals surface area contributed by atoms with Crippen LogP contribution >= 0.6 is 11.6 Å². The third-order valence-corrected chi connectivity index (χ3v) is 1.65. The first-order chi connectivity index (χ1) is 6.24. The molecule has 0 aliphatic rings. The third kappa shape index (κ3) is 3.03. The standard InChI is InChI=1S/C9H11ClN2O/c1-3-13-5-4-8-7(2)6-11-9(10)12-8/h4-6H,3H2,1-2H3. The minimum absolute atomic E-state index is 0.252. The van der Waals surface area contributed by atoms with Crippen LogP contribution < -0.4 is 0 Å². The van der Waals surface area contributed by atoms with E-state index in [2.05, 4.69) is 9.97 Å². The minimum atomic E-state index is 0.252. The average Bonchev–Trinajstić information content (AvgIpc) is 2.11. The molecule has 1 aromatic rings. The topological polar surface area (TPSA) is 35.0 Å². The Hall–Kier alpha value is -1.09. The van der Waals surface area contributed by atoms with Crippen molar-refractivity contribution < 1.29 is 4.74 Å². The fraction of sp³-hybridized carbons (Fsp3) is 0.333. The zero-order valence-corrected chi connectivity index (χ0v) is 8.38. The summed E-state index contributed by atoms with van der Waals surface area (Å²) in [6.07, 6.45) is 5.05. The summed E-state index contributed by atoms with van der Waals surface area (Å²) in [6, 6.07) is 0. The molecule has 0 radical (unpaired) electrons. The van der Waals surface area contributed by atoms with E-state index in [1.807, 2.05) is 13.8 Å². The summed E-state index contributed by atoms with van der Waals surface area (Å²) in [5.74, 6) is 0. The van der Waals surface area contributed by atoms with E-state index in [0.29, 0.717) is 6.61 Å². The minimum Gasteiger partial charge on any atom is -0.501 e. The first-order valence-corrected chi connectivity index (χ1v) is 4.39.